The van der Waals surface area contributed by atoms with Crippen LogP contribution in [0.2, 0.25) is 0 Å². The molecule has 7 nitrogen and oxygen atoms in total. The molecule has 0 unspecified atom stereocenters. The van der Waals surface area contributed by atoms with Crippen LogP contribution in [0.1, 0.15) is 62.5 Å². The maximum atomic E-state index is 14.0. The number of carbonyl (C=O) groups is 2. The van der Waals surface area contributed by atoms with Crippen molar-refractivity contribution in [3.05, 3.63) is 47.9 Å². The molecule has 2 aromatic rings. The summed E-state index contributed by atoms with van der Waals surface area (Å²) in [6.45, 7) is 1.40. The molecular weight excluding hydrogens is 409 g/mol. The van der Waals surface area contributed by atoms with Crippen LogP contribution in [0.15, 0.2) is 36.5 Å². The Kier molecular flexibility index (Phi) is 5.71. The van der Waals surface area contributed by atoms with Gasteiger partial charge in [0.2, 0.25) is 11.8 Å². The first-order valence-corrected chi connectivity index (χ1v) is 11.6. The largest absolute Gasteiger partial charge is 0.349 e. The molecule has 2 aliphatic heterocycles. The summed E-state index contributed by atoms with van der Waals surface area (Å²) >= 11 is 0. The number of hydrogen-bond acceptors (Lipinski definition) is 4. The fourth-order valence-electron chi connectivity index (χ4n) is 5.86. The standard InChI is InChI=1S/C24H30FN5O2/c25-18-6-3-5-17(13-18)20-14-29(16-24(20)11-4-9-22(31)28-24)15-23(32)27-21-10-12-26-30(21)19-7-1-2-8-19/h3,5-6,10,12-13,19-20H,1-2,4,7-9,11,14-16H2,(H,27,32)(H,28,31)/t20-,24+/m0/s1. The van der Waals surface area contributed by atoms with Gasteiger partial charge in [-0.25, -0.2) is 9.07 Å². The number of benzene rings is 1. The predicted molar refractivity (Wildman–Crippen MR) is 119 cm³/mol. The van der Waals surface area contributed by atoms with Crippen molar-refractivity contribution in [2.75, 3.05) is 25.0 Å². The van der Waals surface area contributed by atoms with Gasteiger partial charge in [-0.2, -0.15) is 5.10 Å². The van der Waals surface area contributed by atoms with Crippen molar-refractivity contribution in [1.82, 2.24) is 20.0 Å². The second kappa shape index (κ2) is 8.65. The third-order valence-electron chi connectivity index (χ3n) is 7.26. The maximum absolute atomic E-state index is 14.0. The maximum Gasteiger partial charge on any atom is 0.239 e. The van der Waals surface area contributed by atoms with Gasteiger partial charge in [0.15, 0.2) is 0 Å². The molecule has 170 valence electrons. The van der Waals surface area contributed by atoms with Gasteiger partial charge in [-0.15, -0.1) is 0 Å². The minimum absolute atomic E-state index is 0.0319. The van der Waals surface area contributed by atoms with E-state index in [-0.39, 0.29) is 30.1 Å². The number of carbonyl (C=O) groups excluding carboxylic acids is 2. The number of anilines is 1. The highest BCUT2D eigenvalue weighted by Crippen LogP contribution is 2.41. The summed E-state index contributed by atoms with van der Waals surface area (Å²) < 4.78 is 15.9. The number of nitrogens with zero attached hydrogens (tertiary/aromatic N) is 3. The van der Waals surface area contributed by atoms with E-state index in [2.05, 4.69) is 20.6 Å². The van der Waals surface area contributed by atoms with Gasteiger partial charge < -0.3 is 10.6 Å². The third-order valence-corrected chi connectivity index (χ3v) is 7.26. The molecule has 2 saturated heterocycles. The van der Waals surface area contributed by atoms with Crippen molar-refractivity contribution in [3.8, 4) is 0 Å². The molecule has 3 aliphatic rings. The molecule has 0 radical (unpaired) electrons. The van der Waals surface area contributed by atoms with Crippen molar-refractivity contribution in [2.45, 2.75) is 62.4 Å². The van der Waals surface area contributed by atoms with Crippen molar-refractivity contribution in [2.24, 2.45) is 0 Å². The number of amides is 2. The Labute approximate surface area is 187 Å². The SMILES string of the molecule is O=C(CN1C[C@@H](c2cccc(F)c2)[C@@]2(CCCC(=O)N2)C1)Nc1ccnn1C1CCCC1. The molecule has 0 bridgehead atoms. The molecule has 1 aliphatic carbocycles. The molecule has 8 heteroatoms. The first kappa shape index (κ1) is 21.1. The highest BCUT2D eigenvalue weighted by atomic mass is 19.1. The quantitative estimate of drug-likeness (QED) is 0.750. The van der Waals surface area contributed by atoms with Gasteiger partial charge in [0, 0.05) is 31.5 Å². The molecule has 2 N–H and O–H groups in total. The van der Waals surface area contributed by atoms with Gasteiger partial charge in [0.05, 0.1) is 24.3 Å². The van der Waals surface area contributed by atoms with Crippen LogP contribution in [0, 0.1) is 5.82 Å². The molecule has 3 heterocycles. The lowest BCUT2D eigenvalue weighted by Gasteiger charge is -2.39. The number of rotatable bonds is 5. The molecule has 2 atom stereocenters. The molecule has 3 fully saturated rings. The summed E-state index contributed by atoms with van der Waals surface area (Å²) in [4.78, 5) is 27.3. The predicted octanol–water partition coefficient (Wildman–Crippen LogP) is 3.21. The van der Waals surface area contributed by atoms with Crippen LogP contribution in [-0.4, -0.2) is 51.7 Å². The summed E-state index contributed by atoms with van der Waals surface area (Å²) in [5.41, 5.74) is 0.407. The van der Waals surface area contributed by atoms with Crippen LogP contribution in [0.5, 0.6) is 0 Å². The molecule has 2 amide bonds. The van der Waals surface area contributed by atoms with Crippen LogP contribution < -0.4 is 10.6 Å². The normalized spacial score (nSPS) is 26.5. The van der Waals surface area contributed by atoms with Crippen LogP contribution >= 0.6 is 0 Å². The van der Waals surface area contributed by atoms with Gasteiger partial charge in [-0.05, 0) is 43.4 Å². The molecular formula is C24H30FN5O2. The van der Waals surface area contributed by atoms with Crippen LogP contribution in [0.3, 0.4) is 0 Å². The lowest BCUT2D eigenvalue weighted by atomic mass is 9.76. The lowest BCUT2D eigenvalue weighted by Crippen LogP contribution is -2.56. The number of likely N-dealkylation sites (tertiary alicyclic amines) is 1. The van der Waals surface area contributed by atoms with Crippen LogP contribution in [-0.2, 0) is 9.59 Å². The minimum atomic E-state index is -0.463. The van der Waals surface area contributed by atoms with E-state index in [9.17, 15) is 14.0 Å². The fraction of sp³-hybridized carbons (Fsp3) is 0.542. The van der Waals surface area contributed by atoms with E-state index in [4.69, 9.17) is 0 Å². The molecule has 32 heavy (non-hydrogen) atoms. The highest BCUT2D eigenvalue weighted by molar-refractivity contribution is 5.91. The average molecular weight is 440 g/mol. The van der Waals surface area contributed by atoms with E-state index in [1.807, 2.05) is 16.8 Å². The Morgan fingerprint density at radius 3 is 2.88 bits per heavy atom. The number of piperidine rings is 1. The Morgan fingerprint density at radius 1 is 1.25 bits per heavy atom. The van der Waals surface area contributed by atoms with E-state index in [1.165, 1.54) is 18.9 Å². The first-order chi connectivity index (χ1) is 15.5. The van der Waals surface area contributed by atoms with E-state index >= 15 is 0 Å². The smallest absolute Gasteiger partial charge is 0.239 e. The summed E-state index contributed by atoms with van der Waals surface area (Å²) in [5.74, 6) is 0.338. The van der Waals surface area contributed by atoms with E-state index in [0.29, 0.717) is 25.6 Å². The first-order valence-electron chi connectivity index (χ1n) is 11.6. The van der Waals surface area contributed by atoms with Crippen LogP contribution in [0.25, 0.3) is 0 Å². The molecule has 5 rings (SSSR count). The minimum Gasteiger partial charge on any atom is -0.349 e. The summed E-state index contributed by atoms with van der Waals surface area (Å²) in [5, 5.41) is 10.7. The number of hydrogen-bond donors (Lipinski definition) is 2. The summed E-state index contributed by atoms with van der Waals surface area (Å²) in [6, 6.07) is 8.81. The Hall–Kier alpha value is -2.74. The van der Waals surface area contributed by atoms with Gasteiger partial charge in [-0.3, -0.25) is 14.5 Å². The lowest BCUT2D eigenvalue weighted by molar-refractivity contribution is -0.125. The van der Waals surface area contributed by atoms with Gasteiger partial charge in [0.25, 0.3) is 0 Å². The Morgan fingerprint density at radius 2 is 2.09 bits per heavy atom. The Bertz CT molecular complexity index is 1000. The number of nitrogens with one attached hydrogen (secondary N) is 2. The zero-order valence-electron chi connectivity index (χ0n) is 18.2. The monoisotopic (exact) mass is 439 g/mol. The Balaban J connectivity index is 1.31. The van der Waals surface area contributed by atoms with E-state index in [1.54, 1.807) is 18.3 Å². The van der Waals surface area contributed by atoms with Crippen LogP contribution in [0.4, 0.5) is 10.2 Å². The van der Waals surface area contributed by atoms with Gasteiger partial charge in [-0.1, -0.05) is 25.0 Å². The second-order valence-electron chi connectivity index (χ2n) is 9.48. The molecule has 1 saturated carbocycles. The molecule has 1 aromatic heterocycles. The van der Waals surface area contributed by atoms with Crippen molar-refractivity contribution in [1.29, 1.82) is 0 Å². The molecule has 1 aromatic carbocycles. The van der Waals surface area contributed by atoms with Crippen molar-refractivity contribution < 1.29 is 14.0 Å². The fourth-order valence-corrected chi connectivity index (χ4v) is 5.86. The third kappa shape index (κ3) is 4.16. The van der Waals surface area contributed by atoms with E-state index < -0.39 is 5.54 Å². The zero-order chi connectivity index (χ0) is 22.1. The topological polar surface area (TPSA) is 79.3 Å². The van der Waals surface area contributed by atoms with Crippen molar-refractivity contribution >= 4 is 17.6 Å². The number of aromatic nitrogens is 2. The van der Waals surface area contributed by atoms with E-state index in [0.717, 1.165) is 37.1 Å². The molecule has 1 spiro atoms. The summed E-state index contributed by atoms with van der Waals surface area (Å²) in [6.07, 6.45) is 8.45. The van der Waals surface area contributed by atoms with Crippen molar-refractivity contribution in [3.63, 3.8) is 0 Å². The van der Waals surface area contributed by atoms with Gasteiger partial charge in [0.1, 0.15) is 11.6 Å². The summed E-state index contributed by atoms with van der Waals surface area (Å²) in [7, 11) is 0. The van der Waals surface area contributed by atoms with Gasteiger partial charge >= 0.3 is 0 Å². The average Bonchev–Trinajstić information content (AvgIpc) is 3.48. The highest BCUT2D eigenvalue weighted by Gasteiger charge is 2.49. The zero-order valence-corrected chi connectivity index (χ0v) is 18.2. The number of halogens is 1. The second-order valence-corrected chi connectivity index (χ2v) is 9.48.